The van der Waals surface area contributed by atoms with Crippen molar-refractivity contribution in [3.8, 4) is 0 Å². The summed E-state index contributed by atoms with van der Waals surface area (Å²) in [5, 5.41) is 12.9. The van der Waals surface area contributed by atoms with Crippen LogP contribution in [-0.4, -0.2) is 49.8 Å². The molecule has 0 heterocycles. The number of hydrogen-bond donors (Lipinski definition) is 2. The zero-order valence-electron chi connectivity index (χ0n) is 9.88. The minimum absolute atomic E-state index is 0.244. The van der Waals surface area contributed by atoms with Crippen LogP contribution in [0.2, 0.25) is 0 Å². The number of aliphatic hydroxyl groups excluding tert-OH is 1. The van der Waals surface area contributed by atoms with Crippen molar-refractivity contribution < 1.29 is 5.11 Å². The van der Waals surface area contributed by atoms with Gasteiger partial charge in [-0.1, -0.05) is 13.8 Å². The summed E-state index contributed by atoms with van der Waals surface area (Å²) < 4.78 is 0. The molecule has 0 bridgehead atoms. The monoisotopic (exact) mass is 200 g/mol. The number of aliphatic hydroxyl groups is 1. The van der Waals surface area contributed by atoms with E-state index in [1.54, 1.807) is 0 Å². The molecule has 1 aliphatic rings. The van der Waals surface area contributed by atoms with Gasteiger partial charge < -0.3 is 15.3 Å². The van der Waals surface area contributed by atoms with Crippen LogP contribution in [0.1, 0.15) is 20.3 Å². The molecule has 2 N–H and O–H groups in total. The van der Waals surface area contributed by atoms with Gasteiger partial charge in [-0.2, -0.15) is 0 Å². The van der Waals surface area contributed by atoms with Crippen LogP contribution in [0.25, 0.3) is 0 Å². The molecule has 0 aliphatic heterocycles. The van der Waals surface area contributed by atoms with Gasteiger partial charge in [0, 0.05) is 13.1 Å². The maximum atomic E-state index is 9.58. The quantitative estimate of drug-likeness (QED) is 0.657. The first kappa shape index (κ1) is 12.0. The lowest BCUT2D eigenvalue weighted by atomic mass is 10.1. The Bertz CT molecular complexity index is 180. The minimum Gasteiger partial charge on any atom is -0.390 e. The molecule has 2 unspecified atom stereocenters. The van der Waals surface area contributed by atoms with Crippen LogP contribution in [0.5, 0.6) is 0 Å². The molecule has 0 aromatic rings. The van der Waals surface area contributed by atoms with Gasteiger partial charge in [0.2, 0.25) is 0 Å². The highest BCUT2D eigenvalue weighted by atomic mass is 16.3. The van der Waals surface area contributed by atoms with E-state index in [0.29, 0.717) is 12.0 Å². The first-order valence-electron chi connectivity index (χ1n) is 5.45. The smallest absolute Gasteiger partial charge is 0.0791 e. The van der Waals surface area contributed by atoms with E-state index >= 15 is 0 Å². The lowest BCUT2D eigenvalue weighted by Gasteiger charge is -2.16. The fourth-order valence-electron chi connectivity index (χ4n) is 1.83. The number of nitrogens with one attached hydrogen (secondary N) is 1. The second kappa shape index (κ2) is 4.60. The van der Waals surface area contributed by atoms with Crippen molar-refractivity contribution in [3.63, 3.8) is 0 Å². The first-order chi connectivity index (χ1) is 6.42. The Morgan fingerprint density at radius 3 is 2.50 bits per heavy atom. The molecular formula is C11H24N2O. The maximum absolute atomic E-state index is 9.58. The zero-order chi connectivity index (χ0) is 10.8. The van der Waals surface area contributed by atoms with Gasteiger partial charge in [-0.25, -0.2) is 0 Å². The molecule has 2 atom stereocenters. The van der Waals surface area contributed by atoms with Gasteiger partial charge in [0.05, 0.1) is 6.10 Å². The average Bonchev–Trinajstić information content (AvgIpc) is 2.57. The third-order valence-electron chi connectivity index (χ3n) is 3.06. The summed E-state index contributed by atoms with van der Waals surface area (Å²) in [6.07, 6.45) is 1.08. The molecule has 84 valence electrons. The van der Waals surface area contributed by atoms with E-state index in [4.69, 9.17) is 0 Å². The molecule has 0 aromatic heterocycles. The van der Waals surface area contributed by atoms with Crippen LogP contribution in [0.3, 0.4) is 0 Å². The molecule has 0 amide bonds. The fourth-order valence-corrected chi connectivity index (χ4v) is 1.83. The molecule has 0 spiro atoms. The van der Waals surface area contributed by atoms with E-state index in [1.807, 2.05) is 19.0 Å². The van der Waals surface area contributed by atoms with Crippen LogP contribution in [0, 0.1) is 11.3 Å². The lowest BCUT2D eigenvalue weighted by Crippen LogP contribution is -2.36. The zero-order valence-corrected chi connectivity index (χ0v) is 9.88. The Morgan fingerprint density at radius 1 is 1.50 bits per heavy atom. The van der Waals surface area contributed by atoms with E-state index < -0.39 is 0 Å². The summed E-state index contributed by atoms with van der Waals surface area (Å²) in [5.41, 5.74) is 0.541. The number of rotatable bonds is 6. The Labute approximate surface area is 87.5 Å². The number of nitrogens with zero attached hydrogens (tertiary/aromatic N) is 1. The van der Waals surface area contributed by atoms with Crippen molar-refractivity contribution >= 4 is 0 Å². The van der Waals surface area contributed by atoms with Crippen molar-refractivity contribution in [3.05, 3.63) is 0 Å². The predicted molar refractivity (Wildman–Crippen MR) is 59.3 cm³/mol. The van der Waals surface area contributed by atoms with Crippen molar-refractivity contribution in [2.75, 3.05) is 33.7 Å². The first-order valence-corrected chi connectivity index (χ1v) is 5.45. The van der Waals surface area contributed by atoms with Gasteiger partial charge >= 0.3 is 0 Å². The minimum atomic E-state index is -0.244. The van der Waals surface area contributed by atoms with E-state index in [0.717, 1.165) is 19.0 Å². The van der Waals surface area contributed by atoms with Gasteiger partial charge in [-0.15, -0.1) is 0 Å². The van der Waals surface area contributed by atoms with Crippen LogP contribution < -0.4 is 5.32 Å². The van der Waals surface area contributed by atoms with Gasteiger partial charge in [-0.05, 0) is 38.4 Å². The molecule has 14 heavy (non-hydrogen) atoms. The predicted octanol–water partition coefficient (Wildman–Crippen LogP) is 0.545. The third-order valence-corrected chi connectivity index (χ3v) is 3.06. The number of likely N-dealkylation sites (N-methyl/N-ethyl adjacent to an activating group) is 1. The van der Waals surface area contributed by atoms with Gasteiger partial charge in [-0.3, -0.25) is 0 Å². The second-order valence-electron chi connectivity index (χ2n) is 5.46. The van der Waals surface area contributed by atoms with E-state index in [2.05, 4.69) is 19.2 Å². The largest absolute Gasteiger partial charge is 0.390 e. The summed E-state index contributed by atoms with van der Waals surface area (Å²) in [4.78, 5) is 2.01. The molecule has 3 heteroatoms. The molecular weight excluding hydrogens is 176 g/mol. The van der Waals surface area contributed by atoms with Crippen LogP contribution in [-0.2, 0) is 0 Å². The van der Waals surface area contributed by atoms with Crippen molar-refractivity contribution in [1.29, 1.82) is 0 Å². The van der Waals surface area contributed by atoms with Crippen molar-refractivity contribution in [2.45, 2.75) is 26.4 Å². The molecule has 1 saturated carbocycles. The van der Waals surface area contributed by atoms with E-state index in [-0.39, 0.29) is 6.10 Å². The molecule has 0 radical (unpaired) electrons. The maximum Gasteiger partial charge on any atom is 0.0791 e. The Hall–Kier alpha value is -0.120. The summed E-state index contributed by atoms with van der Waals surface area (Å²) in [7, 11) is 3.96. The summed E-state index contributed by atoms with van der Waals surface area (Å²) in [5.74, 6) is 0.814. The Kier molecular flexibility index (Phi) is 3.93. The van der Waals surface area contributed by atoms with Crippen molar-refractivity contribution in [2.24, 2.45) is 11.3 Å². The molecule has 1 fully saturated rings. The summed E-state index contributed by atoms with van der Waals surface area (Å²) >= 11 is 0. The Morgan fingerprint density at radius 2 is 2.07 bits per heavy atom. The van der Waals surface area contributed by atoms with Crippen LogP contribution in [0.15, 0.2) is 0 Å². The summed E-state index contributed by atoms with van der Waals surface area (Å²) in [6, 6.07) is 0. The van der Waals surface area contributed by atoms with Gasteiger partial charge in [0.25, 0.3) is 0 Å². The lowest BCUT2D eigenvalue weighted by molar-refractivity contribution is 0.134. The topological polar surface area (TPSA) is 35.5 Å². The van der Waals surface area contributed by atoms with E-state index in [1.165, 1.54) is 6.42 Å². The van der Waals surface area contributed by atoms with Gasteiger partial charge in [0.1, 0.15) is 0 Å². The highest BCUT2D eigenvalue weighted by molar-refractivity contribution is 4.96. The van der Waals surface area contributed by atoms with Crippen molar-refractivity contribution in [1.82, 2.24) is 10.2 Å². The summed E-state index contributed by atoms with van der Waals surface area (Å²) in [6.45, 7) is 7.11. The number of hydrogen-bond acceptors (Lipinski definition) is 3. The van der Waals surface area contributed by atoms with Crippen LogP contribution >= 0.6 is 0 Å². The second-order valence-corrected chi connectivity index (χ2v) is 5.46. The Balaban J connectivity index is 1.99. The molecule has 0 saturated heterocycles. The normalized spacial score (nSPS) is 26.6. The SMILES string of the molecule is CN(C)CC(O)CNCC1CC1(C)C. The standard InChI is InChI=1S/C11H24N2O/c1-11(2)5-9(11)6-12-7-10(14)8-13(3)4/h9-10,12,14H,5-8H2,1-4H3. The van der Waals surface area contributed by atoms with Crippen LogP contribution in [0.4, 0.5) is 0 Å². The molecule has 1 rings (SSSR count). The fraction of sp³-hybridized carbons (Fsp3) is 1.00. The molecule has 0 aromatic carbocycles. The third kappa shape index (κ3) is 3.95. The van der Waals surface area contributed by atoms with Gasteiger partial charge in [0.15, 0.2) is 0 Å². The molecule has 1 aliphatic carbocycles. The van der Waals surface area contributed by atoms with E-state index in [9.17, 15) is 5.11 Å². The highest BCUT2D eigenvalue weighted by Gasteiger charge is 2.44. The molecule has 3 nitrogen and oxygen atoms in total. The highest BCUT2D eigenvalue weighted by Crippen LogP contribution is 2.50. The average molecular weight is 200 g/mol.